The summed E-state index contributed by atoms with van der Waals surface area (Å²) in [5, 5.41) is 0. The largest absolute Gasteiger partial charge is 0.496 e. The Morgan fingerprint density at radius 1 is 1.30 bits per heavy atom. The molecule has 0 aliphatic rings. The number of allylic oxidation sites excluding steroid dienone is 1. The summed E-state index contributed by atoms with van der Waals surface area (Å²) < 4.78 is 6.24. The Morgan fingerprint density at radius 2 is 2.05 bits per heavy atom. The molecule has 0 aliphatic heterocycles. The summed E-state index contributed by atoms with van der Waals surface area (Å²) in [5.74, 6) is 0.768. The van der Waals surface area contributed by atoms with Crippen molar-refractivity contribution in [3.05, 3.63) is 55.7 Å². The molecule has 0 saturated carbocycles. The predicted molar refractivity (Wildman–Crippen MR) is 87.9 cm³/mol. The minimum Gasteiger partial charge on any atom is -0.496 e. The first-order chi connectivity index (χ1) is 9.51. The van der Waals surface area contributed by atoms with Crippen LogP contribution in [0, 0.1) is 13.8 Å². The van der Waals surface area contributed by atoms with E-state index >= 15 is 0 Å². The number of carbonyl (C=O) groups is 1. The third kappa shape index (κ3) is 3.38. The van der Waals surface area contributed by atoms with Crippen molar-refractivity contribution in [3.8, 4) is 5.75 Å². The summed E-state index contributed by atoms with van der Waals surface area (Å²) in [7, 11) is 1.62. The van der Waals surface area contributed by atoms with E-state index < -0.39 is 0 Å². The molecular formula is C16H15BrO2S. The molecule has 0 N–H and O–H groups in total. The van der Waals surface area contributed by atoms with Gasteiger partial charge in [0.1, 0.15) is 5.75 Å². The van der Waals surface area contributed by atoms with Crippen molar-refractivity contribution in [2.75, 3.05) is 7.11 Å². The van der Waals surface area contributed by atoms with E-state index in [4.69, 9.17) is 4.74 Å². The van der Waals surface area contributed by atoms with Gasteiger partial charge in [-0.3, -0.25) is 4.79 Å². The molecule has 0 fully saturated rings. The summed E-state index contributed by atoms with van der Waals surface area (Å²) in [6.07, 6.45) is 3.39. The smallest absolute Gasteiger partial charge is 0.186 e. The minimum absolute atomic E-state index is 0.0221. The van der Waals surface area contributed by atoms with Crippen molar-refractivity contribution in [2.45, 2.75) is 13.8 Å². The predicted octanol–water partition coefficient (Wildman–Crippen LogP) is 5.03. The topological polar surface area (TPSA) is 26.3 Å². The van der Waals surface area contributed by atoms with E-state index in [1.165, 1.54) is 0 Å². The molecule has 0 aliphatic carbocycles. The number of halogens is 1. The number of rotatable bonds is 4. The SMILES string of the molecule is COc1ccc(Br)cc1C=CC(=O)c1cc(C)sc1C. The molecule has 20 heavy (non-hydrogen) atoms. The third-order valence-corrected chi connectivity index (χ3v) is 4.37. The van der Waals surface area contributed by atoms with E-state index in [2.05, 4.69) is 15.9 Å². The zero-order chi connectivity index (χ0) is 14.7. The number of carbonyl (C=O) groups excluding carboxylic acids is 1. The van der Waals surface area contributed by atoms with Gasteiger partial charge >= 0.3 is 0 Å². The van der Waals surface area contributed by atoms with Gasteiger partial charge in [-0.05, 0) is 50.3 Å². The van der Waals surface area contributed by atoms with Crippen molar-refractivity contribution in [1.29, 1.82) is 0 Å². The van der Waals surface area contributed by atoms with E-state index in [1.807, 2.05) is 38.1 Å². The van der Waals surface area contributed by atoms with Crippen LogP contribution in [0.15, 0.2) is 34.8 Å². The summed E-state index contributed by atoms with van der Waals surface area (Å²) in [5.41, 5.74) is 1.65. The van der Waals surface area contributed by atoms with Gasteiger partial charge in [0.25, 0.3) is 0 Å². The Morgan fingerprint density at radius 3 is 2.65 bits per heavy atom. The lowest BCUT2D eigenvalue weighted by Crippen LogP contribution is -1.94. The van der Waals surface area contributed by atoms with E-state index in [9.17, 15) is 4.79 Å². The van der Waals surface area contributed by atoms with Gasteiger partial charge < -0.3 is 4.74 Å². The maximum absolute atomic E-state index is 12.2. The van der Waals surface area contributed by atoms with E-state index in [-0.39, 0.29) is 5.78 Å². The Bertz CT molecular complexity index is 671. The van der Waals surface area contributed by atoms with Crippen LogP contribution in [-0.2, 0) is 0 Å². The lowest BCUT2D eigenvalue weighted by atomic mass is 10.1. The fourth-order valence-corrected chi connectivity index (χ4v) is 3.27. The zero-order valence-corrected chi connectivity index (χ0v) is 14.0. The first-order valence-corrected chi connectivity index (χ1v) is 7.75. The first-order valence-electron chi connectivity index (χ1n) is 6.14. The quantitative estimate of drug-likeness (QED) is 0.570. The molecular weight excluding hydrogens is 336 g/mol. The van der Waals surface area contributed by atoms with Crippen molar-refractivity contribution in [2.24, 2.45) is 0 Å². The molecule has 0 unspecified atom stereocenters. The summed E-state index contributed by atoms with van der Waals surface area (Å²) in [4.78, 5) is 14.4. The molecule has 4 heteroatoms. The maximum Gasteiger partial charge on any atom is 0.186 e. The maximum atomic E-state index is 12.2. The van der Waals surface area contributed by atoms with Gasteiger partial charge in [0.2, 0.25) is 0 Å². The average Bonchev–Trinajstić information content (AvgIpc) is 2.75. The molecule has 0 spiro atoms. The highest BCUT2D eigenvalue weighted by molar-refractivity contribution is 9.10. The molecule has 0 radical (unpaired) electrons. The second-order valence-electron chi connectivity index (χ2n) is 4.41. The Balaban J connectivity index is 2.27. The Labute approximate surface area is 131 Å². The highest BCUT2D eigenvalue weighted by Crippen LogP contribution is 2.25. The minimum atomic E-state index is 0.0221. The lowest BCUT2D eigenvalue weighted by molar-refractivity contribution is 0.104. The normalized spacial score (nSPS) is 11.0. The van der Waals surface area contributed by atoms with E-state index in [0.29, 0.717) is 0 Å². The van der Waals surface area contributed by atoms with Crippen molar-refractivity contribution < 1.29 is 9.53 Å². The van der Waals surface area contributed by atoms with Crippen LogP contribution in [-0.4, -0.2) is 12.9 Å². The lowest BCUT2D eigenvalue weighted by Gasteiger charge is -2.04. The van der Waals surface area contributed by atoms with E-state index in [0.717, 1.165) is 31.1 Å². The van der Waals surface area contributed by atoms with Gasteiger partial charge in [-0.1, -0.05) is 15.9 Å². The number of benzene rings is 1. The van der Waals surface area contributed by atoms with Crippen molar-refractivity contribution >= 4 is 39.1 Å². The van der Waals surface area contributed by atoms with Crippen LogP contribution in [0.25, 0.3) is 6.08 Å². The van der Waals surface area contributed by atoms with Crippen LogP contribution in [0.3, 0.4) is 0 Å². The fourth-order valence-electron chi connectivity index (χ4n) is 1.97. The van der Waals surface area contributed by atoms with Crippen LogP contribution >= 0.6 is 27.3 Å². The molecule has 1 heterocycles. The molecule has 104 valence electrons. The molecule has 2 nitrogen and oxygen atoms in total. The number of aryl methyl sites for hydroxylation is 2. The number of hydrogen-bond donors (Lipinski definition) is 0. The van der Waals surface area contributed by atoms with Gasteiger partial charge in [-0.25, -0.2) is 0 Å². The van der Waals surface area contributed by atoms with Crippen LogP contribution in [0.4, 0.5) is 0 Å². The number of ketones is 1. The van der Waals surface area contributed by atoms with Gasteiger partial charge in [-0.15, -0.1) is 11.3 Å². The Kier molecular flexibility index (Phi) is 4.78. The third-order valence-electron chi connectivity index (χ3n) is 2.91. The second kappa shape index (κ2) is 6.37. The van der Waals surface area contributed by atoms with Gasteiger partial charge in [-0.2, -0.15) is 0 Å². The van der Waals surface area contributed by atoms with Crippen LogP contribution < -0.4 is 4.74 Å². The molecule has 0 bridgehead atoms. The van der Waals surface area contributed by atoms with Crippen LogP contribution in [0.2, 0.25) is 0 Å². The molecule has 0 amide bonds. The standard InChI is InChI=1S/C16H15BrO2S/c1-10-8-14(11(2)20-10)15(18)6-4-12-9-13(17)5-7-16(12)19-3/h4-9H,1-3H3. The monoisotopic (exact) mass is 350 g/mol. The Hall–Kier alpha value is -1.39. The summed E-state index contributed by atoms with van der Waals surface area (Å²) in [6.45, 7) is 3.98. The van der Waals surface area contributed by atoms with Gasteiger partial charge in [0, 0.05) is 25.4 Å². The molecule has 0 saturated heterocycles. The highest BCUT2D eigenvalue weighted by Gasteiger charge is 2.09. The molecule has 1 aromatic heterocycles. The first kappa shape index (κ1) is 15.0. The van der Waals surface area contributed by atoms with E-state index in [1.54, 1.807) is 30.6 Å². The van der Waals surface area contributed by atoms with Crippen molar-refractivity contribution in [3.63, 3.8) is 0 Å². The molecule has 0 atom stereocenters. The average molecular weight is 351 g/mol. The number of methoxy groups -OCH3 is 1. The molecule has 2 aromatic rings. The summed E-state index contributed by atoms with van der Waals surface area (Å²) >= 11 is 5.06. The fraction of sp³-hybridized carbons (Fsp3) is 0.188. The van der Waals surface area contributed by atoms with Gasteiger partial charge in [0.15, 0.2) is 5.78 Å². The van der Waals surface area contributed by atoms with Crippen LogP contribution in [0.1, 0.15) is 25.7 Å². The molecule has 2 rings (SSSR count). The summed E-state index contributed by atoms with van der Waals surface area (Å²) in [6, 6.07) is 7.64. The number of ether oxygens (including phenoxy) is 1. The van der Waals surface area contributed by atoms with Crippen LogP contribution in [0.5, 0.6) is 5.75 Å². The highest BCUT2D eigenvalue weighted by atomic mass is 79.9. The van der Waals surface area contributed by atoms with Crippen molar-refractivity contribution in [1.82, 2.24) is 0 Å². The molecule has 1 aromatic carbocycles. The number of hydrogen-bond acceptors (Lipinski definition) is 3. The van der Waals surface area contributed by atoms with Gasteiger partial charge in [0.05, 0.1) is 7.11 Å². The second-order valence-corrected chi connectivity index (χ2v) is 6.79. The zero-order valence-electron chi connectivity index (χ0n) is 11.6. The number of thiophene rings is 1.